The molecule has 26 heavy (non-hydrogen) atoms. The van der Waals surface area contributed by atoms with E-state index in [9.17, 15) is 9.59 Å². The maximum absolute atomic E-state index is 12.9. The minimum Gasteiger partial charge on any atom is -0.356 e. The molecule has 0 spiro atoms. The largest absolute Gasteiger partial charge is 0.356 e. The number of rotatable bonds is 4. The Kier molecular flexibility index (Phi) is 4.63. The molecule has 1 heterocycles. The molecule has 0 bridgehead atoms. The lowest BCUT2D eigenvalue weighted by Crippen LogP contribution is -2.53. The summed E-state index contributed by atoms with van der Waals surface area (Å²) in [5, 5.41) is 3.08. The zero-order chi connectivity index (χ0) is 19.3. The average Bonchev–Trinajstić information content (AvgIpc) is 2.97. The van der Waals surface area contributed by atoms with Crippen molar-refractivity contribution in [3.05, 3.63) is 35.4 Å². The number of benzene rings is 1. The van der Waals surface area contributed by atoms with Gasteiger partial charge in [-0.15, -0.1) is 0 Å². The number of hydrogen-bond donors (Lipinski definition) is 1. The Balaban J connectivity index is 1.77. The first-order chi connectivity index (χ1) is 12.1. The van der Waals surface area contributed by atoms with Gasteiger partial charge in [0.1, 0.15) is 6.61 Å². The van der Waals surface area contributed by atoms with Crippen LogP contribution < -0.4 is 5.32 Å². The maximum atomic E-state index is 12.9. The Morgan fingerprint density at radius 1 is 1.23 bits per heavy atom. The van der Waals surface area contributed by atoms with E-state index in [2.05, 4.69) is 33.0 Å². The lowest BCUT2D eigenvalue weighted by atomic mass is 9.94. The molecule has 2 atom stereocenters. The van der Waals surface area contributed by atoms with Crippen LogP contribution in [0.1, 0.15) is 44.9 Å². The van der Waals surface area contributed by atoms with Gasteiger partial charge in [0, 0.05) is 13.6 Å². The number of nitrogens with one attached hydrogen (secondary N) is 1. The number of amides is 2. The standard InChI is InChI=1S/C21H30N2O3/c1-13-9-7-8-10-14(13)17-18(26-12-16(24)23(17)6)19(25)22-11-15-20(2,3)21(15,4)5/h7-10,15,17-18H,11-12H2,1-6H3,(H,22,25)/t17-,18+/m1/s1. The molecule has 1 aliphatic carbocycles. The molecule has 2 fully saturated rings. The van der Waals surface area contributed by atoms with Crippen LogP contribution in [0, 0.1) is 23.7 Å². The topological polar surface area (TPSA) is 58.6 Å². The predicted octanol–water partition coefficient (Wildman–Crippen LogP) is 2.69. The quantitative estimate of drug-likeness (QED) is 0.900. The summed E-state index contributed by atoms with van der Waals surface area (Å²) in [7, 11) is 1.75. The van der Waals surface area contributed by atoms with Crippen molar-refractivity contribution in [1.82, 2.24) is 10.2 Å². The van der Waals surface area contributed by atoms with Crippen LogP contribution in [0.25, 0.3) is 0 Å². The van der Waals surface area contributed by atoms with Crippen LogP contribution in [0.5, 0.6) is 0 Å². The van der Waals surface area contributed by atoms with Gasteiger partial charge in [0.15, 0.2) is 6.10 Å². The second-order valence-electron chi connectivity index (χ2n) is 8.78. The van der Waals surface area contributed by atoms with Gasteiger partial charge in [0.2, 0.25) is 5.91 Å². The molecule has 1 saturated heterocycles. The van der Waals surface area contributed by atoms with Crippen LogP contribution in [0.2, 0.25) is 0 Å². The minimum atomic E-state index is -0.691. The second-order valence-corrected chi connectivity index (χ2v) is 8.78. The lowest BCUT2D eigenvalue weighted by molar-refractivity contribution is -0.162. The van der Waals surface area contributed by atoms with Crippen molar-refractivity contribution in [2.24, 2.45) is 16.7 Å². The number of likely N-dealkylation sites (N-methyl/N-ethyl adjacent to an activating group) is 1. The van der Waals surface area contributed by atoms with E-state index in [4.69, 9.17) is 4.74 Å². The van der Waals surface area contributed by atoms with Gasteiger partial charge >= 0.3 is 0 Å². The molecule has 5 nitrogen and oxygen atoms in total. The first kappa shape index (κ1) is 18.9. The van der Waals surface area contributed by atoms with Gasteiger partial charge in [-0.3, -0.25) is 9.59 Å². The molecule has 1 aromatic rings. The molecule has 3 rings (SSSR count). The summed E-state index contributed by atoms with van der Waals surface area (Å²) < 4.78 is 5.70. The fraction of sp³-hybridized carbons (Fsp3) is 0.619. The van der Waals surface area contributed by atoms with Crippen molar-refractivity contribution in [1.29, 1.82) is 0 Å². The Hall–Kier alpha value is -1.88. The molecule has 0 radical (unpaired) electrons. The molecule has 2 aliphatic rings. The Labute approximate surface area is 156 Å². The number of carbonyl (C=O) groups excluding carboxylic acids is 2. The summed E-state index contributed by atoms with van der Waals surface area (Å²) in [5.74, 6) is 0.196. The van der Waals surface area contributed by atoms with Crippen molar-refractivity contribution in [2.45, 2.75) is 46.8 Å². The summed E-state index contributed by atoms with van der Waals surface area (Å²) >= 11 is 0. The monoisotopic (exact) mass is 358 g/mol. The maximum Gasteiger partial charge on any atom is 0.251 e. The number of ether oxygens (including phenoxy) is 1. The molecule has 1 saturated carbocycles. The molecule has 1 aromatic carbocycles. The fourth-order valence-corrected chi connectivity index (χ4v) is 4.37. The summed E-state index contributed by atoms with van der Waals surface area (Å²) in [4.78, 5) is 26.7. The normalized spacial score (nSPS) is 27.3. The van der Waals surface area contributed by atoms with Crippen molar-refractivity contribution in [3.63, 3.8) is 0 Å². The van der Waals surface area contributed by atoms with Crippen molar-refractivity contribution >= 4 is 11.8 Å². The predicted molar refractivity (Wildman–Crippen MR) is 100 cm³/mol. The van der Waals surface area contributed by atoms with E-state index in [-0.39, 0.29) is 29.3 Å². The van der Waals surface area contributed by atoms with Gasteiger partial charge < -0.3 is 15.0 Å². The molecule has 0 aromatic heterocycles. The van der Waals surface area contributed by atoms with E-state index in [0.29, 0.717) is 12.5 Å². The van der Waals surface area contributed by atoms with Crippen molar-refractivity contribution in [2.75, 3.05) is 20.2 Å². The van der Waals surface area contributed by atoms with Gasteiger partial charge in [0.25, 0.3) is 5.91 Å². The van der Waals surface area contributed by atoms with Crippen LogP contribution in [0.15, 0.2) is 24.3 Å². The van der Waals surface area contributed by atoms with E-state index in [0.717, 1.165) is 11.1 Å². The molecule has 142 valence electrons. The number of carbonyl (C=O) groups is 2. The highest BCUT2D eigenvalue weighted by molar-refractivity contribution is 5.86. The van der Waals surface area contributed by atoms with Crippen LogP contribution in [-0.4, -0.2) is 43.0 Å². The van der Waals surface area contributed by atoms with Gasteiger partial charge in [-0.05, 0) is 34.8 Å². The van der Waals surface area contributed by atoms with Gasteiger partial charge in [-0.1, -0.05) is 52.0 Å². The number of aryl methyl sites for hydroxylation is 1. The summed E-state index contributed by atoms with van der Waals surface area (Å²) in [6, 6.07) is 7.44. The third-order valence-corrected chi connectivity index (χ3v) is 7.05. The zero-order valence-corrected chi connectivity index (χ0v) is 16.6. The Morgan fingerprint density at radius 2 is 1.85 bits per heavy atom. The smallest absolute Gasteiger partial charge is 0.251 e. The van der Waals surface area contributed by atoms with Gasteiger partial charge in [0.05, 0.1) is 6.04 Å². The van der Waals surface area contributed by atoms with Crippen LogP contribution in [0.3, 0.4) is 0 Å². The highest BCUT2D eigenvalue weighted by Gasteiger charge is 2.64. The average molecular weight is 358 g/mol. The molecular weight excluding hydrogens is 328 g/mol. The Bertz CT molecular complexity index is 712. The molecule has 1 N–H and O–H groups in total. The second kappa shape index (κ2) is 6.38. The van der Waals surface area contributed by atoms with Crippen molar-refractivity contribution < 1.29 is 14.3 Å². The summed E-state index contributed by atoms with van der Waals surface area (Å²) in [5.41, 5.74) is 2.44. The minimum absolute atomic E-state index is 0.0582. The fourth-order valence-electron chi connectivity index (χ4n) is 4.37. The molecule has 0 unspecified atom stereocenters. The highest BCUT2D eigenvalue weighted by Crippen LogP contribution is 2.67. The van der Waals surface area contributed by atoms with E-state index in [1.54, 1.807) is 11.9 Å². The zero-order valence-electron chi connectivity index (χ0n) is 16.6. The van der Waals surface area contributed by atoms with Crippen LogP contribution >= 0.6 is 0 Å². The lowest BCUT2D eigenvalue weighted by Gasteiger charge is -2.39. The molecule has 2 amide bonds. The van der Waals surface area contributed by atoms with Crippen LogP contribution in [0.4, 0.5) is 0 Å². The SMILES string of the molecule is Cc1ccccc1[C@@H]1[C@@H](C(=O)NCC2C(C)(C)C2(C)C)OCC(=O)N1C. The summed E-state index contributed by atoms with van der Waals surface area (Å²) in [6.45, 7) is 11.5. The first-order valence-electron chi connectivity index (χ1n) is 9.29. The number of morpholine rings is 1. The van der Waals surface area contributed by atoms with E-state index >= 15 is 0 Å². The third-order valence-electron chi connectivity index (χ3n) is 7.05. The van der Waals surface area contributed by atoms with Crippen LogP contribution in [-0.2, 0) is 14.3 Å². The Morgan fingerprint density at radius 3 is 2.42 bits per heavy atom. The third kappa shape index (κ3) is 2.92. The van der Waals surface area contributed by atoms with E-state index in [1.807, 2.05) is 31.2 Å². The van der Waals surface area contributed by atoms with E-state index < -0.39 is 12.1 Å². The van der Waals surface area contributed by atoms with Crippen molar-refractivity contribution in [3.8, 4) is 0 Å². The van der Waals surface area contributed by atoms with Gasteiger partial charge in [-0.2, -0.15) is 0 Å². The highest BCUT2D eigenvalue weighted by atomic mass is 16.5. The number of nitrogens with zero attached hydrogens (tertiary/aromatic N) is 1. The number of hydrogen-bond acceptors (Lipinski definition) is 3. The molecule has 5 heteroatoms. The summed E-state index contributed by atoms with van der Waals surface area (Å²) in [6.07, 6.45) is -0.691. The molecule has 1 aliphatic heterocycles. The first-order valence-corrected chi connectivity index (χ1v) is 9.29. The van der Waals surface area contributed by atoms with Gasteiger partial charge in [-0.25, -0.2) is 0 Å². The molecular formula is C21H30N2O3. The van der Waals surface area contributed by atoms with E-state index in [1.165, 1.54) is 0 Å².